The van der Waals surface area contributed by atoms with Gasteiger partial charge in [0.25, 0.3) is 11.1 Å². The van der Waals surface area contributed by atoms with Crippen LogP contribution in [0.1, 0.15) is 28.5 Å². The number of aromatic nitrogens is 5. The zero-order valence-corrected chi connectivity index (χ0v) is 22.2. The second kappa shape index (κ2) is 10.6. The number of Topliss-reactive ketones (excluding diaryl/α,β-unsaturated/α-hetero) is 1. The molecule has 9 nitrogen and oxygen atoms in total. The first-order valence-corrected chi connectivity index (χ1v) is 13.3. The lowest BCUT2D eigenvalue weighted by atomic mass is 10.1. The molecular formula is C30H22N6O3S. The average Bonchev–Trinajstić information content (AvgIpc) is 3.69. The molecule has 6 rings (SSSR count). The van der Waals surface area contributed by atoms with Gasteiger partial charge in [-0.05, 0) is 61.2 Å². The summed E-state index contributed by atoms with van der Waals surface area (Å²) in [4.78, 5) is 39.2. The molecule has 0 aliphatic carbocycles. The maximum atomic E-state index is 13.3. The Morgan fingerprint density at radius 3 is 2.23 bits per heavy atom. The van der Waals surface area contributed by atoms with Gasteiger partial charge < -0.3 is 0 Å². The van der Waals surface area contributed by atoms with Gasteiger partial charge in [-0.15, -0.1) is 5.10 Å². The lowest BCUT2D eigenvalue weighted by molar-refractivity contribution is -0.123. The van der Waals surface area contributed by atoms with Crippen molar-refractivity contribution in [2.45, 2.75) is 13.5 Å². The number of hydrogen-bond acceptors (Lipinski definition) is 7. The summed E-state index contributed by atoms with van der Waals surface area (Å²) in [6.07, 6.45) is 5.23. The van der Waals surface area contributed by atoms with Crippen LogP contribution in [0.15, 0.2) is 102 Å². The summed E-state index contributed by atoms with van der Waals surface area (Å²) in [7, 11) is 0. The van der Waals surface area contributed by atoms with Crippen molar-refractivity contribution < 1.29 is 14.4 Å². The van der Waals surface area contributed by atoms with Gasteiger partial charge in [-0.1, -0.05) is 53.7 Å². The number of thioether (sulfide) groups is 1. The number of ketones is 1. The van der Waals surface area contributed by atoms with Crippen LogP contribution < -0.4 is 0 Å². The summed E-state index contributed by atoms with van der Waals surface area (Å²) in [6.45, 7) is 1.49. The molecule has 0 saturated carbocycles. The third-order valence-electron chi connectivity index (χ3n) is 6.37. The van der Waals surface area contributed by atoms with Crippen LogP contribution in [0.2, 0.25) is 0 Å². The summed E-state index contributed by atoms with van der Waals surface area (Å²) in [5.41, 5.74) is 4.97. The molecule has 196 valence electrons. The zero-order valence-electron chi connectivity index (χ0n) is 21.3. The van der Waals surface area contributed by atoms with Gasteiger partial charge in [-0.3, -0.25) is 19.3 Å². The molecule has 5 aromatic rings. The number of amides is 2. The number of carbonyl (C=O) groups excluding carboxylic acids is 3. The summed E-state index contributed by atoms with van der Waals surface area (Å²) in [6, 6.07) is 26.3. The van der Waals surface area contributed by atoms with Crippen molar-refractivity contribution >= 4 is 34.8 Å². The lowest BCUT2D eigenvalue weighted by Crippen LogP contribution is -2.27. The van der Waals surface area contributed by atoms with Crippen LogP contribution in [0.5, 0.6) is 0 Å². The van der Waals surface area contributed by atoms with E-state index in [2.05, 4.69) is 10.3 Å². The second-order valence-electron chi connectivity index (χ2n) is 9.10. The van der Waals surface area contributed by atoms with Gasteiger partial charge in [0.05, 0.1) is 34.7 Å². The van der Waals surface area contributed by atoms with E-state index in [1.54, 1.807) is 41.2 Å². The minimum atomic E-state index is -0.401. The molecule has 1 aliphatic heterocycles. The smallest absolute Gasteiger partial charge is 0.293 e. The highest BCUT2D eigenvalue weighted by atomic mass is 32.2. The first-order valence-electron chi connectivity index (χ1n) is 12.4. The van der Waals surface area contributed by atoms with Gasteiger partial charge in [-0.2, -0.15) is 5.10 Å². The molecule has 0 spiro atoms. The van der Waals surface area contributed by atoms with Crippen LogP contribution in [0.4, 0.5) is 4.79 Å². The quantitative estimate of drug-likeness (QED) is 0.195. The van der Waals surface area contributed by atoms with E-state index in [0.717, 1.165) is 33.5 Å². The Kier molecular flexibility index (Phi) is 6.67. The summed E-state index contributed by atoms with van der Waals surface area (Å²) >= 11 is 0.887. The zero-order chi connectivity index (χ0) is 27.6. The predicted octanol–water partition coefficient (Wildman–Crippen LogP) is 5.56. The number of carbonyl (C=O) groups is 3. The van der Waals surface area contributed by atoms with Crippen molar-refractivity contribution in [3.8, 4) is 22.6 Å². The van der Waals surface area contributed by atoms with Gasteiger partial charge in [0.2, 0.25) is 0 Å². The molecule has 3 heterocycles. The Bertz CT molecular complexity index is 1760. The standard InChI is InChI=1S/C30H22N6O3S/c1-20(37)21-12-14-26(15-13-21)36-19-24(31-33-36)18-34-29(38)27(40-30(34)39)16-23-17-35(25-10-6-3-7-11-25)32-28(23)22-8-4-2-5-9-22/h2-17,19H,18H2,1H3/b27-16-. The number of benzene rings is 3. The van der Waals surface area contributed by atoms with Gasteiger partial charge in [0.15, 0.2) is 5.78 Å². The minimum absolute atomic E-state index is 0.0116. The molecule has 2 amide bonds. The normalized spacial score (nSPS) is 14.3. The minimum Gasteiger partial charge on any atom is -0.295 e. The van der Waals surface area contributed by atoms with E-state index in [1.165, 1.54) is 11.6 Å². The largest absolute Gasteiger partial charge is 0.295 e. The van der Waals surface area contributed by atoms with Crippen molar-refractivity contribution in [3.63, 3.8) is 0 Å². The van der Waals surface area contributed by atoms with Crippen molar-refractivity contribution in [2.24, 2.45) is 0 Å². The fourth-order valence-corrected chi connectivity index (χ4v) is 5.14. The Morgan fingerprint density at radius 1 is 0.850 bits per heavy atom. The van der Waals surface area contributed by atoms with Crippen LogP contribution in [0, 0.1) is 0 Å². The van der Waals surface area contributed by atoms with E-state index in [4.69, 9.17) is 5.10 Å². The molecule has 0 atom stereocenters. The van der Waals surface area contributed by atoms with Crippen LogP contribution in [-0.2, 0) is 11.3 Å². The molecule has 1 saturated heterocycles. The van der Waals surface area contributed by atoms with Crippen molar-refractivity contribution in [3.05, 3.63) is 119 Å². The molecule has 0 N–H and O–H groups in total. The molecule has 1 fully saturated rings. The fourth-order valence-electron chi connectivity index (χ4n) is 4.31. The summed E-state index contributed by atoms with van der Waals surface area (Å²) in [5.74, 6) is -0.427. The fraction of sp³-hybridized carbons (Fsp3) is 0.0667. The Balaban J connectivity index is 1.26. The summed E-state index contributed by atoms with van der Waals surface area (Å²) < 4.78 is 3.30. The maximum absolute atomic E-state index is 13.3. The van der Waals surface area contributed by atoms with E-state index in [-0.39, 0.29) is 17.6 Å². The van der Waals surface area contributed by atoms with Crippen molar-refractivity contribution in [2.75, 3.05) is 0 Å². The number of para-hydroxylation sites is 1. The number of rotatable bonds is 7. The molecule has 0 unspecified atom stereocenters. The third-order valence-corrected chi connectivity index (χ3v) is 7.28. The van der Waals surface area contributed by atoms with E-state index in [9.17, 15) is 14.4 Å². The van der Waals surface area contributed by atoms with Crippen LogP contribution in [0.25, 0.3) is 28.7 Å². The first-order chi connectivity index (χ1) is 19.5. The topological polar surface area (TPSA) is 103 Å². The molecule has 0 bridgehead atoms. The lowest BCUT2D eigenvalue weighted by Gasteiger charge is -2.09. The third kappa shape index (κ3) is 4.99. The molecule has 3 aromatic carbocycles. The molecule has 2 aromatic heterocycles. The highest BCUT2D eigenvalue weighted by Gasteiger charge is 2.36. The Labute approximate surface area is 233 Å². The number of nitrogens with zero attached hydrogens (tertiary/aromatic N) is 6. The SMILES string of the molecule is CC(=O)c1ccc(-n2cc(CN3C(=O)S/C(=C\c4cn(-c5ccccc5)nc4-c4ccccc4)C3=O)nn2)cc1. The van der Waals surface area contributed by atoms with Crippen molar-refractivity contribution in [1.29, 1.82) is 0 Å². The average molecular weight is 547 g/mol. The van der Waals surface area contributed by atoms with Crippen LogP contribution >= 0.6 is 11.8 Å². The molecule has 10 heteroatoms. The highest BCUT2D eigenvalue weighted by molar-refractivity contribution is 8.18. The van der Waals surface area contributed by atoms with E-state index >= 15 is 0 Å². The monoisotopic (exact) mass is 546 g/mol. The second-order valence-corrected chi connectivity index (χ2v) is 10.1. The molecule has 40 heavy (non-hydrogen) atoms. The number of hydrogen-bond donors (Lipinski definition) is 0. The summed E-state index contributed by atoms with van der Waals surface area (Å²) in [5, 5.41) is 12.7. The van der Waals surface area contributed by atoms with E-state index < -0.39 is 5.91 Å². The van der Waals surface area contributed by atoms with Gasteiger partial charge in [0, 0.05) is 22.9 Å². The van der Waals surface area contributed by atoms with Gasteiger partial charge >= 0.3 is 0 Å². The Hall–Kier alpha value is -5.09. The maximum Gasteiger partial charge on any atom is 0.293 e. The van der Waals surface area contributed by atoms with E-state index in [1.807, 2.05) is 66.9 Å². The molecule has 1 aliphatic rings. The van der Waals surface area contributed by atoms with Crippen molar-refractivity contribution in [1.82, 2.24) is 29.7 Å². The first kappa shape index (κ1) is 25.2. The van der Waals surface area contributed by atoms with E-state index in [0.29, 0.717) is 27.5 Å². The molecule has 0 radical (unpaired) electrons. The Morgan fingerprint density at radius 2 is 1.52 bits per heavy atom. The van der Waals surface area contributed by atoms with Crippen LogP contribution in [0.3, 0.4) is 0 Å². The number of imide groups is 1. The highest BCUT2D eigenvalue weighted by Crippen LogP contribution is 2.35. The van der Waals surface area contributed by atoms with Gasteiger partial charge in [-0.25, -0.2) is 9.36 Å². The predicted molar refractivity (Wildman–Crippen MR) is 152 cm³/mol. The molecular weight excluding hydrogens is 524 g/mol. The van der Waals surface area contributed by atoms with Gasteiger partial charge in [0.1, 0.15) is 5.69 Å². The van der Waals surface area contributed by atoms with Crippen LogP contribution in [-0.4, -0.2) is 46.6 Å².